The number of rotatable bonds is 8. The minimum absolute atomic E-state index is 0.528. The van der Waals surface area contributed by atoms with Crippen molar-refractivity contribution in [2.24, 2.45) is 11.3 Å². The van der Waals surface area contributed by atoms with Crippen LogP contribution >= 0.6 is 11.8 Å². The molecule has 0 aromatic carbocycles. The van der Waals surface area contributed by atoms with Crippen molar-refractivity contribution in [3.8, 4) is 0 Å². The lowest BCUT2D eigenvalue weighted by atomic mass is 9.69. The molecule has 0 amide bonds. The molecule has 0 bridgehead atoms. The maximum Gasteiger partial charge on any atom is 0.00472 e. The molecule has 0 aliphatic heterocycles. The molecule has 0 aromatic heterocycles. The molecule has 0 saturated heterocycles. The highest BCUT2D eigenvalue weighted by atomic mass is 32.2. The van der Waals surface area contributed by atoms with E-state index in [1.165, 1.54) is 57.5 Å². The van der Waals surface area contributed by atoms with Crippen molar-refractivity contribution in [2.75, 3.05) is 45.7 Å². The number of thioether (sulfide) groups is 1. The molecule has 1 fully saturated rings. The minimum Gasteiger partial charge on any atom is -0.319 e. The second-order valence-corrected chi connectivity index (χ2v) is 7.30. The van der Waals surface area contributed by atoms with Crippen molar-refractivity contribution < 1.29 is 0 Å². The second kappa shape index (κ2) is 8.44. The largest absolute Gasteiger partial charge is 0.319 e. The quantitative estimate of drug-likeness (QED) is 0.684. The van der Waals surface area contributed by atoms with E-state index in [0.717, 1.165) is 5.92 Å². The predicted molar refractivity (Wildman–Crippen MR) is 84.5 cm³/mol. The Bertz CT molecular complexity index is 219. The topological polar surface area (TPSA) is 15.3 Å². The molecular formula is C15H32N2S. The Balaban J connectivity index is 2.45. The average molecular weight is 273 g/mol. The van der Waals surface area contributed by atoms with E-state index in [9.17, 15) is 0 Å². The van der Waals surface area contributed by atoms with Crippen LogP contribution < -0.4 is 5.32 Å². The van der Waals surface area contributed by atoms with E-state index in [0.29, 0.717) is 5.41 Å². The first-order valence-electron chi connectivity index (χ1n) is 7.44. The average Bonchev–Trinajstić information content (AvgIpc) is 2.29. The Hall–Kier alpha value is 0.270. The third kappa shape index (κ3) is 5.50. The van der Waals surface area contributed by atoms with Gasteiger partial charge in [-0.2, -0.15) is 11.8 Å². The summed E-state index contributed by atoms with van der Waals surface area (Å²) in [4.78, 5) is 2.56. The van der Waals surface area contributed by atoms with E-state index in [-0.39, 0.29) is 0 Å². The predicted octanol–water partition coefficient (Wildman–Crippen LogP) is 3.09. The van der Waals surface area contributed by atoms with Gasteiger partial charge in [-0.1, -0.05) is 19.8 Å². The number of hydrogen-bond donors (Lipinski definition) is 1. The lowest BCUT2D eigenvalue weighted by Crippen LogP contribution is -2.45. The summed E-state index contributed by atoms with van der Waals surface area (Å²) in [6.07, 6.45) is 9.18. The van der Waals surface area contributed by atoms with Gasteiger partial charge in [-0.15, -0.1) is 0 Å². The van der Waals surface area contributed by atoms with E-state index in [2.05, 4.69) is 37.5 Å². The molecule has 1 aliphatic carbocycles. The van der Waals surface area contributed by atoms with E-state index < -0.39 is 0 Å². The maximum absolute atomic E-state index is 3.44. The van der Waals surface area contributed by atoms with E-state index in [1.54, 1.807) is 0 Å². The fraction of sp³-hybridized carbons (Fsp3) is 1.00. The van der Waals surface area contributed by atoms with Crippen LogP contribution in [-0.2, 0) is 0 Å². The van der Waals surface area contributed by atoms with Crippen molar-refractivity contribution in [3.63, 3.8) is 0 Å². The third-order valence-corrected chi connectivity index (χ3v) is 4.93. The van der Waals surface area contributed by atoms with Gasteiger partial charge in [-0.3, -0.25) is 0 Å². The van der Waals surface area contributed by atoms with Crippen LogP contribution in [0.15, 0.2) is 0 Å². The number of nitrogens with one attached hydrogen (secondary N) is 1. The zero-order chi connectivity index (χ0) is 13.4. The summed E-state index contributed by atoms with van der Waals surface area (Å²) in [5, 5.41) is 3.44. The first-order chi connectivity index (χ1) is 8.62. The van der Waals surface area contributed by atoms with Gasteiger partial charge in [-0.25, -0.2) is 0 Å². The van der Waals surface area contributed by atoms with Crippen molar-refractivity contribution in [2.45, 2.75) is 39.0 Å². The minimum atomic E-state index is 0.528. The Morgan fingerprint density at radius 2 is 2.22 bits per heavy atom. The Labute approximate surface area is 118 Å². The molecule has 3 heteroatoms. The normalized spacial score (nSPS) is 28.8. The molecular weight excluding hydrogens is 240 g/mol. The van der Waals surface area contributed by atoms with Crippen LogP contribution in [-0.4, -0.2) is 50.6 Å². The Kier molecular flexibility index (Phi) is 7.66. The molecule has 2 unspecified atom stereocenters. The van der Waals surface area contributed by atoms with Crippen LogP contribution in [0.4, 0.5) is 0 Å². The van der Waals surface area contributed by atoms with Crippen LogP contribution in [0.25, 0.3) is 0 Å². The summed E-state index contributed by atoms with van der Waals surface area (Å²) in [6, 6.07) is 0. The van der Waals surface area contributed by atoms with Gasteiger partial charge in [0.2, 0.25) is 0 Å². The lowest BCUT2D eigenvalue weighted by Gasteiger charge is -2.42. The van der Waals surface area contributed by atoms with E-state index in [1.807, 2.05) is 11.8 Å². The molecule has 0 aromatic rings. The van der Waals surface area contributed by atoms with E-state index in [4.69, 9.17) is 0 Å². The summed E-state index contributed by atoms with van der Waals surface area (Å²) < 4.78 is 0. The molecule has 108 valence electrons. The summed E-state index contributed by atoms with van der Waals surface area (Å²) in [7, 11) is 4.41. The summed E-state index contributed by atoms with van der Waals surface area (Å²) in [5.41, 5.74) is 0.528. The van der Waals surface area contributed by atoms with Gasteiger partial charge < -0.3 is 10.2 Å². The highest BCUT2D eigenvalue weighted by Gasteiger charge is 2.35. The highest BCUT2D eigenvalue weighted by molar-refractivity contribution is 7.98. The van der Waals surface area contributed by atoms with Crippen LogP contribution in [0.1, 0.15) is 39.0 Å². The van der Waals surface area contributed by atoms with Gasteiger partial charge in [0.1, 0.15) is 0 Å². The Morgan fingerprint density at radius 3 is 2.83 bits per heavy atom. The molecule has 18 heavy (non-hydrogen) atoms. The van der Waals surface area contributed by atoms with Crippen LogP contribution in [0.3, 0.4) is 0 Å². The van der Waals surface area contributed by atoms with Crippen LogP contribution in [0.5, 0.6) is 0 Å². The molecule has 0 spiro atoms. The van der Waals surface area contributed by atoms with Crippen molar-refractivity contribution in [1.82, 2.24) is 10.2 Å². The monoisotopic (exact) mass is 272 g/mol. The number of nitrogens with zero attached hydrogens (tertiary/aromatic N) is 1. The zero-order valence-corrected chi connectivity index (χ0v) is 13.6. The lowest BCUT2D eigenvalue weighted by molar-refractivity contribution is 0.0941. The van der Waals surface area contributed by atoms with Crippen molar-refractivity contribution >= 4 is 11.8 Å². The number of hydrogen-bond acceptors (Lipinski definition) is 3. The SMILES string of the molecule is CNCC1(CN(C)CCCSC)CCCC(C)C1. The molecule has 1 saturated carbocycles. The fourth-order valence-corrected chi connectivity index (χ4v) is 4.05. The van der Waals surface area contributed by atoms with Crippen LogP contribution in [0, 0.1) is 11.3 Å². The molecule has 0 radical (unpaired) electrons. The highest BCUT2D eigenvalue weighted by Crippen LogP contribution is 2.39. The van der Waals surface area contributed by atoms with Crippen molar-refractivity contribution in [3.05, 3.63) is 0 Å². The van der Waals surface area contributed by atoms with Gasteiger partial charge in [0.25, 0.3) is 0 Å². The molecule has 1 rings (SSSR count). The smallest absolute Gasteiger partial charge is 0.00472 e. The second-order valence-electron chi connectivity index (χ2n) is 6.32. The summed E-state index contributed by atoms with van der Waals surface area (Å²) in [6.45, 7) is 6.13. The van der Waals surface area contributed by atoms with Crippen LogP contribution in [0.2, 0.25) is 0 Å². The molecule has 1 aliphatic rings. The fourth-order valence-electron chi connectivity index (χ4n) is 3.63. The van der Waals surface area contributed by atoms with Gasteiger partial charge in [0.05, 0.1) is 0 Å². The Morgan fingerprint density at radius 1 is 1.44 bits per heavy atom. The maximum atomic E-state index is 3.44. The van der Waals surface area contributed by atoms with Gasteiger partial charge >= 0.3 is 0 Å². The first kappa shape index (κ1) is 16.3. The molecule has 0 heterocycles. The molecule has 1 N–H and O–H groups in total. The standard InChI is InChI=1S/C15H32N2S/c1-14-7-5-8-15(11-14,12-16-2)13-17(3)9-6-10-18-4/h14,16H,5-13H2,1-4H3. The van der Waals surface area contributed by atoms with E-state index >= 15 is 0 Å². The van der Waals surface area contributed by atoms with Gasteiger partial charge in [-0.05, 0) is 63.2 Å². The summed E-state index contributed by atoms with van der Waals surface area (Å²) in [5.74, 6) is 2.20. The van der Waals surface area contributed by atoms with Crippen molar-refractivity contribution in [1.29, 1.82) is 0 Å². The first-order valence-corrected chi connectivity index (χ1v) is 8.83. The zero-order valence-electron chi connectivity index (χ0n) is 12.8. The molecule has 2 nitrogen and oxygen atoms in total. The molecule has 2 atom stereocenters. The van der Waals surface area contributed by atoms with Gasteiger partial charge in [0.15, 0.2) is 0 Å². The third-order valence-electron chi connectivity index (χ3n) is 4.23. The van der Waals surface area contributed by atoms with Gasteiger partial charge in [0, 0.05) is 13.1 Å². The summed E-state index contributed by atoms with van der Waals surface area (Å²) >= 11 is 1.96.